The molecule has 3 nitrogen and oxygen atoms in total. The Bertz CT molecular complexity index is 416. The first-order valence-electron chi connectivity index (χ1n) is 4.32. The van der Waals surface area contributed by atoms with Crippen molar-refractivity contribution in [1.29, 1.82) is 0 Å². The van der Waals surface area contributed by atoms with E-state index in [1.807, 2.05) is 53.1 Å². The van der Waals surface area contributed by atoms with E-state index in [-0.39, 0.29) is 0 Å². The van der Waals surface area contributed by atoms with Crippen LogP contribution in [0.1, 0.15) is 0 Å². The minimum absolute atomic E-state index is 0.826. The summed E-state index contributed by atoms with van der Waals surface area (Å²) in [7, 11) is -1.01. The molecule has 4 heteroatoms. The smallest absolute Gasteiger partial charge is 0.419 e. The van der Waals surface area contributed by atoms with Crippen LogP contribution < -0.4 is 9.05 Å². The van der Waals surface area contributed by atoms with Gasteiger partial charge in [0.2, 0.25) is 0 Å². The van der Waals surface area contributed by atoms with Gasteiger partial charge >= 0.3 is 8.53 Å². The van der Waals surface area contributed by atoms with Gasteiger partial charge in [0.15, 0.2) is 11.5 Å². The third-order valence-electron chi connectivity index (χ3n) is 1.98. The van der Waals surface area contributed by atoms with E-state index < -0.39 is 8.53 Å². The molecule has 0 bridgehead atoms. The molecule has 0 amide bonds. The van der Waals surface area contributed by atoms with Crippen molar-refractivity contribution in [2.45, 2.75) is 0 Å². The maximum absolute atomic E-state index is 5.66. The molecule has 0 saturated heterocycles. The summed E-state index contributed by atoms with van der Waals surface area (Å²) in [5, 5.41) is 0. The zero-order chi connectivity index (χ0) is 9.38. The largest absolute Gasteiger partial charge is 0.421 e. The van der Waals surface area contributed by atoms with Gasteiger partial charge in [0.05, 0.1) is 0 Å². The van der Waals surface area contributed by atoms with Crippen molar-refractivity contribution in [2.24, 2.45) is 0 Å². The van der Waals surface area contributed by atoms with Crippen molar-refractivity contribution >= 4 is 8.53 Å². The predicted octanol–water partition coefficient (Wildman–Crippen LogP) is 3.03. The number of rotatable bonds is 1. The molecule has 0 atom stereocenters. The fourth-order valence-corrected chi connectivity index (χ4v) is 2.55. The lowest BCUT2D eigenvalue weighted by molar-refractivity contribution is 0.559. The van der Waals surface area contributed by atoms with Crippen LogP contribution >= 0.6 is 8.53 Å². The monoisotopic (exact) mass is 205 g/mol. The normalized spacial score (nSPS) is 14.6. The Morgan fingerprint density at radius 1 is 0.857 bits per heavy atom. The third kappa shape index (κ3) is 1.17. The van der Waals surface area contributed by atoms with E-state index in [0.717, 1.165) is 11.5 Å². The van der Waals surface area contributed by atoms with Gasteiger partial charge in [0.1, 0.15) is 0 Å². The SMILES string of the molecule is c1ccc2c(c1)OP(n1cccc1)O2. The molecule has 0 radical (unpaired) electrons. The van der Waals surface area contributed by atoms with Crippen LogP contribution in [0, 0.1) is 0 Å². The second kappa shape index (κ2) is 3.03. The van der Waals surface area contributed by atoms with Crippen LogP contribution in [-0.2, 0) is 0 Å². The Labute approximate surface area is 82.9 Å². The number of benzene rings is 1. The lowest BCUT2D eigenvalue weighted by atomic mass is 10.3. The molecule has 2 heterocycles. The first-order valence-corrected chi connectivity index (χ1v) is 5.45. The summed E-state index contributed by atoms with van der Waals surface area (Å²) in [5.41, 5.74) is 0. The summed E-state index contributed by atoms with van der Waals surface area (Å²) < 4.78 is 13.3. The standard InChI is InChI=1S/C10H8NO2P/c1-2-6-10-9(5-1)12-14(13-10)11-7-3-4-8-11/h1-8H. The van der Waals surface area contributed by atoms with Crippen molar-refractivity contribution in [3.8, 4) is 11.5 Å². The molecule has 1 aromatic heterocycles. The molecule has 70 valence electrons. The fraction of sp³-hybridized carbons (Fsp3) is 0. The van der Waals surface area contributed by atoms with Gasteiger partial charge in [0, 0.05) is 12.4 Å². The third-order valence-corrected chi connectivity index (χ3v) is 3.33. The minimum atomic E-state index is -1.01. The molecular formula is C10H8NO2P. The lowest BCUT2D eigenvalue weighted by Crippen LogP contribution is -1.94. The van der Waals surface area contributed by atoms with E-state index in [0.29, 0.717) is 0 Å². The lowest BCUT2D eigenvalue weighted by Gasteiger charge is -2.07. The number of fused-ring (bicyclic) bond motifs is 1. The van der Waals surface area contributed by atoms with E-state index in [2.05, 4.69) is 0 Å². The highest BCUT2D eigenvalue weighted by molar-refractivity contribution is 7.46. The molecule has 0 aliphatic carbocycles. The van der Waals surface area contributed by atoms with Crippen molar-refractivity contribution in [2.75, 3.05) is 0 Å². The fourth-order valence-electron chi connectivity index (χ4n) is 1.32. The molecule has 14 heavy (non-hydrogen) atoms. The summed E-state index contributed by atoms with van der Waals surface area (Å²) >= 11 is 0. The van der Waals surface area contributed by atoms with Gasteiger partial charge < -0.3 is 9.05 Å². The van der Waals surface area contributed by atoms with Crippen molar-refractivity contribution < 1.29 is 9.05 Å². The predicted molar refractivity (Wildman–Crippen MR) is 54.4 cm³/mol. The van der Waals surface area contributed by atoms with Crippen molar-refractivity contribution in [3.63, 3.8) is 0 Å². The minimum Gasteiger partial charge on any atom is -0.419 e. The highest BCUT2D eigenvalue weighted by Gasteiger charge is 2.26. The van der Waals surface area contributed by atoms with Gasteiger partial charge in [-0.25, -0.2) is 0 Å². The van der Waals surface area contributed by atoms with Gasteiger partial charge in [-0.3, -0.25) is 4.34 Å². The molecule has 0 N–H and O–H groups in total. The first-order chi connectivity index (χ1) is 6.93. The van der Waals surface area contributed by atoms with Crippen molar-refractivity contribution in [1.82, 2.24) is 4.34 Å². The average Bonchev–Trinajstić information content (AvgIpc) is 2.86. The van der Waals surface area contributed by atoms with E-state index in [1.165, 1.54) is 0 Å². The second-order valence-electron chi connectivity index (χ2n) is 2.93. The molecule has 0 fully saturated rings. The Kier molecular flexibility index (Phi) is 1.71. The van der Waals surface area contributed by atoms with E-state index in [9.17, 15) is 0 Å². The molecular weight excluding hydrogens is 197 g/mol. The Hall–Kier alpha value is -1.47. The Balaban J connectivity index is 1.92. The van der Waals surface area contributed by atoms with Crippen LogP contribution in [-0.4, -0.2) is 4.34 Å². The maximum Gasteiger partial charge on any atom is 0.421 e. The Morgan fingerprint density at radius 3 is 2.00 bits per heavy atom. The molecule has 1 aromatic carbocycles. The van der Waals surface area contributed by atoms with Crippen LogP contribution in [0.5, 0.6) is 11.5 Å². The summed E-state index contributed by atoms with van der Waals surface area (Å²) in [4.78, 5) is 0. The van der Waals surface area contributed by atoms with Crippen molar-refractivity contribution in [3.05, 3.63) is 48.8 Å². The molecule has 0 saturated carbocycles. The highest BCUT2D eigenvalue weighted by Crippen LogP contribution is 2.52. The summed E-state index contributed by atoms with van der Waals surface area (Å²) in [6.07, 6.45) is 3.88. The van der Waals surface area contributed by atoms with Gasteiger partial charge in [-0.05, 0) is 24.3 Å². The maximum atomic E-state index is 5.66. The van der Waals surface area contributed by atoms with E-state index >= 15 is 0 Å². The number of nitrogens with zero attached hydrogens (tertiary/aromatic N) is 1. The number of aromatic nitrogens is 1. The second-order valence-corrected chi connectivity index (χ2v) is 4.23. The molecule has 3 rings (SSSR count). The first kappa shape index (κ1) is 7.89. The summed E-state index contributed by atoms with van der Waals surface area (Å²) in [5.74, 6) is 1.65. The topological polar surface area (TPSA) is 23.4 Å². The highest BCUT2D eigenvalue weighted by atomic mass is 31.2. The Morgan fingerprint density at radius 2 is 1.43 bits per heavy atom. The van der Waals surface area contributed by atoms with Crippen LogP contribution in [0.15, 0.2) is 48.8 Å². The van der Waals surface area contributed by atoms with Gasteiger partial charge in [-0.15, -0.1) is 0 Å². The molecule has 1 aliphatic rings. The number of para-hydroxylation sites is 2. The summed E-state index contributed by atoms with van der Waals surface area (Å²) in [6, 6.07) is 11.6. The van der Waals surface area contributed by atoms with Crippen LogP contribution in [0.4, 0.5) is 0 Å². The average molecular weight is 205 g/mol. The number of hydrogen-bond acceptors (Lipinski definition) is 2. The van der Waals surface area contributed by atoms with E-state index in [4.69, 9.17) is 9.05 Å². The quantitative estimate of drug-likeness (QED) is 0.668. The zero-order valence-electron chi connectivity index (χ0n) is 7.33. The summed E-state index contributed by atoms with van der Waals surface area (Å²) in [6.45, 7) is 0. The number of hydrogen-bond donors (Lipinski definition) is 0. The molecule has 0 spiro atoms. The van der Waals surface area contributed by atoms with Gasteiger partial charge in [-0.1, -0.05) is 12.1 Å². The van der Waals surface area contributed by atoms with Gasteiger partial charge in [0.25, 0.3) is 0 Å². The van der Waals surface area contributed by atoms with Gasteiger partial charge in [-0.2, -0.15) is 0 Å². The molecule has 2 aromatic rings. The van der Waals surface area contributed by atoms with Crippen LogP contribution in [0.2, 0.25) is 0 Å². The van der Waals surface area contributed by atoms with Crippen LogP contribution in [0.25, 0.3) is 0 Å². The molecule has 1 aliphatic heterocycles. The van der Waals surface area contributed by atoms with E-state index in [1.54, 1.807) is 0 Å². The van der Waals surface area contributed by atoms with Crippen LogP contribution in [0.3, 0.4) is 0 Å². The molecule has 0 unspecified atom stereocenters. The zero-order valence-corrected chi connectivity index (χ0v) is 8.22.